The summed E-state index contributed by atoms with van der Waals surface area (Å²) in [4.78, 5) is 3.55. The normalized spacial score (nSPS) is 16.1. The van der Waals surface area contributed by atoms with Crippen molar-refractivity contribution in [3.05, 3.63) is 46.2 Å². The zero-order chi connectivity index (χ0) is 20.5. The van der Waals surface area contributed by atoms with Crippen molar-refractivity contribution in [2.75, 3.05) is 17.8 Å². The second-order valence-electron chi connectivity index (χ2n) is 6.47. The summed E-state index contributed by atoms with van der Waals surface area (Å²) >= 11 is 11.6. The van der Waals surface area contributed by atoms with Gasteiger partial charge in [-0.1, -0.05) is 35.7 Å². The lowest BCUT2D eigenvalue weighted by Gasteiger charge is -2.26. The van der Waals surface area contributed by atoms with Crippen molar-refractivity contribution in [2.24, 2.45) is 0 Å². The number of hydrogen-bond donors (Lipinski definition) is 1. The highest BCUT2D eigenvalue weighted by atomic mass is 35.5. The van der Waals surface area contributed by atoms with Gasteiger partial charge in [0.05, 0.1) is 10.6 Å². The number of hydrogen-bond acceptors (Lipinski definition) is 5. The maximum Gasteiger partial charge on any atom is 0.264 e. The lowest BCUT2D eigenvalue weighted by atomic mass is 10.2. The fourth-order valence-electron chi connectivity index (χ4n) is 3.00. The van der Waals surface area contributed by atoms with Gasteiger partial charge in [0.1, 0.15) is 10.0 Å². The number of benzene rings is 1. The molecule has 1 aliphatic heterocycles. The Morgan fingerprint density at radius 3 is 2.29 bits per heavy atom. The third-order valence-electron chi connectivity index (χ3n) is 4.44. The third kappa shape index (κ3) is 4.44. The van der Waals surface area contributed by atoms with Crippen molar-refractivity contribution in [1.82, 2.24) is 9.29 Å². The van der Waals surface area contributed by atoms with Crippen LogP contribution in [0.15, 0.2) is 40.1 Å². The van der Waals surface area contributed by atoms with Gasteiger partial charge >= 0.3 is 0 Å². The quantitative estimate of drug-likeness (QED) is 0.682. The lowest BCUT2D eigenvalue weighted by Crippen LogP contribution is -2.36. The molecule has 1 aromatic carbocycles. The first-order chi connectivity index (χ1) is 13.1. The molecule has 152 valence electrons. The second-order valence-corrected chi connectivity index (χ2v) is 10.8. The molecule has 0 atom stereocenters. The van der Waals surface area contributed by atoms with E-state index in [4.69, 9.17) is 23.2 Å². The molecule has 1 fully saturated rings. The van der Waals surface area contributed by atoms with E-state index in [-0.39, 0.29) is 25.8 Å². The fourth-order valence-corrected chi connectivity index (χ4v) is 6.48. The van der Waals surface area contributed by atoms with Crippen LogP contribution in [0.4, 0.5) is 5.69 Å². The molecular formula is C17H19Cl2N3O4S2. The van der Waals surface area contributed by atoms with Crippen molar-refractivity contribution >= 4 is 48.9 Å². The highest BCUT2D eigenvalue weighted by Crippen LogP contribution is 2.28. The summed E-state index contributed by atoms with van der Waals surface area (Å²) < 4.78 is 55.1. The second kappa shape index (κ2) is 8.16. The number of nitrogens with zero attached hydrogens (tertiary/aromatic N) is 2. The lowest BCUT2D eigenvalue weighted by molar-refractivity contribution is 0.346. The first kappa shape index (κ1) is 21.3. The molecule has 2 heterocycles. The summed E-state index contributed by atoms with van der Waals surface area (Å²) in [5, 5.41) is -0.206. The Balaban J connectivity index is 1.95. The van der Waals surface area contributed by atoms with Gasteiger partial charge < -0.3 is 0 Å². The van der Waals surface area contributed by atoms with E-state index < -0.39 is 20.0 Å². The number of piperidine rings is 1. The number of aryl methyl sites for hydroxylation is 1. The zero-order valence-electron chi connectivity index (χ0n) is 15.0. The summed E-state index contributed by atoms with van der Waals surface area (Å²) in [6.45, 7) is 2.60. The van der Waals surface area contributed by atoms with E-state index in [0.29, 0.717) is 18.7 Å². The average molecular weight is 464 g/mol. The number of halogens is 2. The molecule has 0 unspecified atom stereocenters. The summed E-state index contributed by atoms with van der Waals surface area (Å²) in [6.07, 6.45) is 2.63. The Labute approximate surface area is 174 Å². The van der Waals surface area contributed by atoms with Crippen molar-refractivity contribution in [3.63, 3.8) is 0 Å². The summed E-state index contributed by atoms with van der Waals surface area (Å²) in [5.41, 5.74) is 0.659. The van der Waals surface area contributed by atoms with Crippen molar-refractivity contribution in [3.8, 4) is 0 Å². The number of aromatic nitrogens is 1. The number of pyridine rings is 1. The van der Waals surface area contributed by atoms with Crippen LogP contribution in [-0.4, -0.2) is 39.2 Å². The number of sulfonamides is 2. The first-order valence-electron chi connectivity index (χ1n) is 8.57. The van der Waals surface area contributed by atoms with Crippen LogP contribution in [0.25, 0.3) is 0 Å². The van der Waals surface area contributed by atoms with E-state index in [2.05, 4.69) is 9.71 Å². The molecule has 0 saturated carbocycles. The smallest absolute Gasteiger partial charge is 0.264 e. The Kier molecular flexibility index (Phi) is 6.21. The van der Waals surface area contributed by atoms with Gasteiger partial charge in [0, 0.05) is 13.1 Å². The minimum atomic E-state index is -4.07. The van der Waals surface area contributed by atoms with E-state index in [0.717, 1.165) is 19.3 Å². The number of nitrogens with one attached hydrogen (secondary N) is 1. The first-order valence-corrected chi connectivity index (χ1v) is 12.2. The maximum atomic E-state index is 13.0. The number of rotatable bonds is 5. The molecule has 1 aromatic heterocycles. The summed E-state index contributed by atoms with van der Waals surface area (Å²) in [6, 6.07) is 6.94. The van der Waals surface area contributed by atoms with E-state index in [1.54, 1.807) is 13.0 Å². The van der Waals surface area contributed by atoms with Gasteiger partial charge in [-0.2, -0.15) is 4.31 Å². The standard InChI is InChI=1S/C17H19Cl2N3O4S2/c1-12-5-6-13(11-15(12)28(25,26)22-9-3-2-4-10-22)21-27(23,24)14-7-8-16(18)20-17(14)19/h5-8,11,21H,2-4,9-10H2,1H3. The van der Waals surface area contributed by atoms with Crippen molar-refractivity contribution in [2.45, 2.75) is 36.0 Å². The molecule has 11 heteroatoms. The Morgan fingerprint density at radius 2 is 1.64 bits per heavy atom. The highest BCUT2D eigenvalue weighted by molar-refractivity contribution is 7.92. The fraction of sp³-hybridized carbons (Fsp3) is 0.353. The van der Waals surface area contributed by atoms with Crippen LogP contribution >= 0.6 is 23.2 Å². The van der Waals surface area contributed by atoms with Crippen LogP contribution in [0.1, 0.15) is 24.8 Å². The van der Waals surface area contributed by atoms with Crippen LogP contribution in [0.3, 0.4) is 0 Å². The topological polar surface area (TPSA) is 96.4 Å². The molecule has 3 rings (SSSR count). The molecule has 28 heavy (non-hydrogen) atoms. The predicted octanol–water partition coefficient (Wildman–Crippen LogP) is 3.67. The van der Waals surface area contributed by atoms with Gasteiger partial charge in [0.15, 0.2) is 5.15 Å². The molecule has 0 amide bonds. The number of anilines is 1. The van der Waals surface area contributed by atoms with E-state index in [1.807, 2.05) is 0 Å². The van der Waals surface area contributed by atoms with Gasteiger partial charge in [-0.15, -0.1) is 0 Å². The minimum absolute atomic E-state index is 0.0641. The van der Waals surface area contributed by atoms with Crippen LogP contribution in [0.2, 0.25) is 10.3 Å². The van der Waals surface area contributed by atoms with Crippen molar-refractivity contribution < 1.29 is 16.8 Å². The Morgan fingerprint density at radius 1 is 0.964 bits per heavy atom. The third-order valence-corrected chi connectivity index (χ3v) is 8.51. The Hall–Kier alpha value is -1.39. The monoisotopic (exact) mass is 463 g/mol. The van der Waals surface area contributed by atoms with Gasteiger partial charge in [-0.05, 0) is 49.6 Å². The van der Waals surface area contributed by atoms with Gasteiger partial charge in [-0.3, -0.25) is 4.72 Å². The molecule has 7 nitrogen and oxygen atoms in total. The largest absolute Gasteiger partial charge is 0.279 e. The highest BCUT2D eigenvalue weighted by Gasteiger charge is 2.28. The van der Waals surface area contributed by atoms with Crippen LogP contribution < -0.4 is 4.72 Å². The SMILES string of the molecule is Cc1ccc(NS(=O)(=O)c2ccc(Cl)nc2Cl)cc1S(=O)(=O)N1CCCCC1. The van der Waals surface area contributed by atoms with Gasteiger partial charge in [0.2, 0.25) is 10.0 Å². The van der Waals surface area contributed by atoms with Gasteiger partial charge in [0.25, 0.3) is 10.0 Å². The van der Waals surface area contributed by atoms with Crippen LogP contribution in [0.5, 0.6) is 0 Å². The molecule has 0 spiro atoms. The Bertz CT molecular complexity index is 1100. The molecule has 1 aliphatic rings. The molecule has 1 N–H and O–H groups in total. The van der Waals surface area contributed by atoms with E-state index in [9.17, 15) is 16.8 Å². The molecule has 1 saturated heterocycles. The predicted molar refractivity (Wildman–Crippen MR) is 109 cm³/mol. The summed E-state index contributed by atoms with van der Waals surface area (Å²) in [5.74, 6) is 0. The van der Waals surface area contributed by atoms with E-state index in [1.165, 1.54) is 28.6 Å². The average Bonchev–Trinajstić information content (AvgIpc) is 2.63. The van der Waals surface area contributed by atoms with Crippen molar-refractivity contribution in [1.29, 1.82) is 0 Å². The van der Waals surface area contributed by atoms with Crippen LogP contribution in [0, 0.1) is 6.92 Å². The molecular weight excluding hydrogens is 445 g/mol. The van der Waals surface area contributed by atoms with E-state index >= 15 is 0 Å². The van der Waals surface area contributed by atoms with Crippen LogP contribution in [-0.2, 0) is 20.0 Å². The zero-order valence-corrected chi connectivity index (χ0v) is 18.2. The summed E-state index contributed by atoms with van der Waals surface area (Å²) in [7, 11) is -7.78. The van der Waals surface area contributed by atoms with Gasteiger partial charge in [-0.25, -0.2) is 21.8 Å². The molecule has 0 radical (unpaired) electrons. The minimum Gasteiger partial charge on any atom is -0.279 e. The maximum absolute atomic E-state index is 13.0. The molecule has 0 aliphatic carbocycles. The molecule has 2 aromatic rings. The molecule has 0 bridgehead atoms.